The molecule has 0 fully saturated rings. The normalized spacial score (nSPS) is 11.1. The maximum absolute atomic E-state index is 12.8. The first-order valence-corrected chi connectivity index (χ1v) is 11.8. The van der Waals surface area contributed by atoms with Gasteiger partial charge in [-0.05, 0) is 67.3 Å². The zero-order valence-electron chi connectivity index (χ0n) is 18.7. The Labute approximate surface area is 193 Å². The summed E-state index contributed by atoms with van der Waals surface area (Å²) >= 11 is 0. The Bertz CT molecular complexity index is 1250. The van der Waals surface area contributed by atoms with Gasteiger partial charge in [0, 0.05) is 30.2 Å². The SMILES string of the molecule is Cc1ccc(S(=O)(=O)NCC(=O)Nc2c(C)cccc2C)cc1C(=O)NCc1ccncc1. The Morgan fingerprint density at radius 1 is 0.909 bits per heavy atom. The molecular formula is C24H26N4O4S. The van der Waals surface area contributed by atoms with Gasteiger partial charge in [0.25, 0.3) is 5.91 Å². The maximum atomic E-state index is 12.8. The summed E-state index contributed by atoms with van der Waals surface area (Å²) in [6.07, 6.45) is 3.25. The number of para-hydroxylation sites is 1. The number of hydrogen-bond acceptors (Lipinski definition) is 5. The summed E-state index contributed by atoms with van der Waals surface area (Å²) in [5, 5.41) is 5.52. The molecule has 0 spiro atoms. The zero-order chi connectivity index (χ0) is 24.0. The van der Waals surface area contributed by atoms with E-state index in [1.165, 1.54) is 12.1 Å². The Morgan fingerprint density at radius 2 is 1.58 bits per heavy atom. The molecule has 8 nitrogen and oxygen atoms in total. The number of aromatic nitrogens is 1. The molecule has 3 rings (SSSR count). The molecule has 2 amide bonds. The smallest absolute Gasteiger partial charge is 0.251 e. The molecule has 3 aromatic rings. The number of aryl methyl sites for hydroxylation is 3. The number of pyridine rings is 1. The van der Waals surface area contributed by atoms with Crippen molar-refractivity contribution in [3.8, 4) is 0 Å². The number of amides is 2. The van der Waals surface area contributed by atoms with Gasteiger partial charge in [-0.25, -0.2) is 13.1 Å². The number of anilines is 1. The molecule has 2 aromatic carbocycles. The van der Waals surface area contributed by atoms with Crippen molar-refractivity contribution < 1.29 is 18.0 Å². The number of carbonyl (C=O) groups excluding carboxylic acids is 2. The third-order valence-corrected chi connectivity index (χ3v) is 6.53. The molecule has 3 N–H and O–H groups in total. The molecule has 0 aliphatic heterocycles. The average molecular weight is 467 g/mol. The van der Waals surface area contributed by atoms with Gasteiger partial charge in [0.15, 0.2) is 0 Å². The van der Waals surface area contributed by atoms with Gasteiger partial charge in [0.05, 0.1) is 11.4 Å². The third-order valence-electron chi connectivity index (χ3n) is 5.13. The maximum Gasteiger partial charge on any atom is 0.251 e. The van der Waals surface area contributed by atoms with Gasteiger partial charge in [-0.15, -0.1) is 0 Å². The molecule has 0 aliphatic carbocycles. The van der Waals surface area contributed by atoms with E-state index in [0.29, 0.717) is 11.3 Å². The molecule has 9 heteroatoms. The van der Waals surface area contributed by atoms with Gasteiger partial charge >= 0.3 is 0 Å². The second-order valence-corrected chi connectivity index (χ2v) is 9.42. The Balaban J connectivity index is 1.67. The first kappa shape index (κ1) is 24.1. The molecule has 0 atom stereocenters. The standard InChI is InChI=1S/C24H26N4O4S/c1-16-7-8-20(13-21(16)24(30)26-14-19-9-11-25-12-10-19)33(31,32)27-15-22(29)28-23-17(2)5-4-6-18(23)3/h4-13,27H,14-15H2,1-3H3,(H,26,30)(H,28,29). The number of benzene rings is 2. The Hall–Kier alpha value is -3.56. The molecule has 0 radical (unpaired) electrons. The van der Waals surface area contributed by atoms with Crippen LogP contribution in [0.5, 0.6) is 0 Å². The molecule has 172 valence electrons. The largest absolute Gasteiger partial charge is 0.348 e. The lowest BCUT2D eigenvalue weighted by molar-refractivity contribution is -0.115. The third kappa shape index (κ3) is 6.24. The van der Waals surface area contributed by atoms with Crippen molar-refractivity contribution in [2.75, 3.05) is 11.9 Å². The molecule has 1 heterocycles. The van der Waals surface area contributed by atoms with E-state index in [9.17, 15) is 18.0 Å². The van der Waals surface area contributed by atoms with Gasteiger partial charge < -0.3 is 10.6 Å². The molecule has 0 bridgehead atoms. The van der Waals surface area contributed by atoms with Crippen LogP contribution in [0.25, 0.3) is 0 Å². The van der Waals surface area contributed by atoms with Crippen molar-refractivity contribution in [3.05, 3.63) is 88.7 Å². The summed E-state index contributed by atoms with van der Waals surface area (Å²) in [4.78, 5) is 28.8. The van der Waals surface area contributed by atoms with E-state index in [1.54, 1.807) is 37.5 Å². The first-order valence-electron chi connectivity index (χ1n) is 10.3. The quantitative estimate of drug-likeness (QED) is 0.472. The van der Waals surface area contributed by atoms with Gasteiger partial charge in [0.1, 0.15) is 0 Å². The summed E-state index contributed by atoms with van der Waals surface area (Å²) in [6.45, 7) is 5.30. The highest BCUT2D eigenvalue weighted by Crippen LogP contribution is 2.19. The van der Waals surface area contributed by atoms with E-state index < -0.39 is 28.4 Å². The lowest BCUT2D eigenvalue weighted by Gasteiger charge is -2.13. The zero-order valence-corrected chi connectivity index (χ0v) is 19.5. The fourth-order valence-electron chi connectivity index (χ4n) is 3.23. The minimum atomic E-state index is -4.01. The van der Waals surface area contributed by atoms with E-state index in [4.69, 9.17) is 0 Å². The van der Waals surface area contributed by atoms with Crippen LogP contribution in [0.15, 0.2) is 65.8 Å². The van der Waals surface area contributed by atoms with Crippen molar-refractivity contribution >= 4 is 27.5 Å². The van der Waals surface area contributed by atoms with Crippen LogP contribution in [0.2, 0.25) is 0 Å². The van der Waals surface area contributed by atoms with E-state index >= 15 is 0 Å². The molecule has 33 heavy (non-hydrogen) atoms. The minimum Gasteiger partial charge on any atom is -0.348 e. The second-order valence-electron chi connectivity index (χ2n) is 7.65. The van der Waals surface area contributed by atoms with Gasteiger partial charge in [0.2, 0.25) is 15.9 Å². The van der Waals surface area contributed by atoms with Crippen LogP contribution in [0.3, 0.4) is 0 Å². The Kier molecular flexibility index (Phi) is 7.57. The highest BCUT2D eigenvalue weighted by molar-refractivity contribution is 7.89. The number of rotatable bonds is 8. The van der Waals surface area contributed by atoms with Crippen LogP contribution in [-0.4, -0.2) is 31.8 Å². The monoisotopic (exact) mass is 466 g/mol. The fourth-order valence-corrected chi connectivity index (χ4v) is 4.24. The number of nitrogens with zero attached hydrogens (tertiary/aromatic N) is 1. The van der Waals surface area contributed by atoms with E-state index in [-0.39, 0.29) is 17.0 Å². The van der Waals surface area contributed by atoms with Crippen LogP contribution in [-0.2, 0) is 21.4 Å². The van der Waals surface area contributed by atoms with Crippen molar-refractivity contribution in [2.24, 2.45) is 0 Å². The number of nitrogens with one attached hydrogen (secondary N) is 3. The topological polar surface area (TPSA) is 117 Å². The number of hydrogen-bond donors (Lipinski definition) is 3. The summed E-state index contributed by atoms with van der Waals surface area (Å²) in [5.41, 5.74) is 4.17. The molecule has 1 aromatic heterocycles. The van der Waals surface area contributed by atoms with Gasteiger partial charge in [-0.1, -0.05) is 24.3 Å². The lowest BCUT2D eigenvalue weighted by atomic mass is 10.1. The van der Waals surface area contributed by atoms with Crippen molar-refractivity contribution in [1.29, 1.82) is 0 Å². The molecule has 0 aliphatic rings. The second kappa shape index (κ2) is 10.4. The van der Waals surface area contributed by atoms with Crippen LogP contribution in [0, 0.1) is 20.8 Å². The molecule has 0 unspecified atom stereocenters. The molecular weight excluding hydrogens is 440 g/mol. The van der Waals surface area contributed by atoms with Crippen molar-refractivity contribution in [1.82, 2.24) is 15.0 Å². The van der Waals surface area contributed by atoms with Gasteiger partial charge in [-0.2, -0.15) is 0 Å². The van der Waals surface area contributed by atoms with Crippen LogP contribution < -0.4 is 15.4 Å². The predicted octanol–water partition coefficient (Wildman–Crippen LogP) is 2.85. The average Bonchev–Trinajstić information content (AvgIpc) is 2.79. The Morgan fingerprint density at radius 3 is 2.24 bits per heavy atom. The van der Waals surface area contributed by atoms with Crippen LogP contribution in [0.4, 0.5) is 5.69 Å². The highest BCUT2D eigenvalue weighted by atomic mass is 32.2. The van der Waals surface area contributed by atoms with E-state index in [0.717, 1.165) is 16.7 Å². The van der Waals surface area contributed by atoms with Crippen molar-refractivity contribution in [3.63, 3.8) is 0 Å². The van der Waals surface area contributed by atoms with Crippen molar-refractivity contribution in [2.45, 2.75) is 32.2 Å². The summed E-state index contributed by atoms with van der Waals surface area (Å²) in [5.74, 6) is -0.882. The summed E-state index contributed by atoms with van der Waals surface area (Å²) < 4.78 is 27.8. The highest BCUT2D eigenvalue weighted by Gasteiger charge is 2.19. The van der Waals surface area contributed by atoms with Gasteiger partial charge in [-0.3, -0.25) is 14.6 Å². The predicted molar refractivity (Wildman–Crippen MR) is 126 cm³/mol. The summed E-state index contributed by atoms with van der Waals surface area (Å²) in [7, 11) is -4.01. The van der Waals surface area contributed by atoms with Crippen LogP contribution >= 0.6 is 0 Å². The first-order chi connectivity index (χ1) is 15.7. The fraction of sp³-hybridized carbons (Fsp3) is 0.208. The number of sulfonamides is 1. The minimum absolute atomic E-state index is 0.0953. The summed E-state index contributed by atoms with van der Waals surface area (Å²) in [6, 6.07) is 13.4. The molecule has 0 saturated heterocycles. The lowest BCUT2D eigenvalue weighted by Crippen LogP contribution is -2.33. The van der Waals surface area contributed by atoms with E-state index in [1.807, 2.05) is 32.0 Å². The van der Waals surface area contributed by atoms with E-state index in [2.05, 4.69) is 20.3 Å². The molecule has 0 saturated carbocycles. The van der Waals surface area contributed by atoms with Crippen LogP contribution in [0.1, 0.15) is 32.6 Å². The number of carbonyl (C=O) groups is 2.